The van der Waals surface area contributed by atoms with Crippen LogP contribution in [0, 0.1) is 0 Å². The third-order valence-corrected chi connectivity index (χ3v) is 12.1. The summed E-state index contributed by atoms with van der Waals surface area (Å²) in [6, 6.07) is -0.719. The van der Waals surface area contributed by atoms with Crippen LogP contribution < -0.4 is 5.32 Å². The zero-order valence-electron chi connectivity index (χ0n) is 42.6. The van der Waals surface area contributed by atoms with Crippen LogP contribution in [0.4, 0.5) is 0 Å². The molecular formula is C59H103NO5. The Hall–Kier alpha value is -2.96. The number of aliphatic hydroxyl groups is 2. The first-order chi connectivity index (χ1) is 32.0. The molecule has 3 atom stereocenters. The fourth-order valence-corrected chi connectivity index (χ4v) is 7.99. The molecule has 6 nitrogen and oxygen atoms in total. The summed E-state index contributed by atoms with van der Waals surface area (Å²) < 4.78 is 5.93. The Balaban J connectivity index is 4.60. The minimum absolute atomic E-state index is 0.0491. The number of carbonyl (C=O) groups is 2. The van der Waals surface area contributed by atoms with E-state index < -0.39 is 18.2 Å². The Morgan fingerprint density at radius 2 is 0.908 bits per heavy atom. The largest absolute Gasteiger partial charge is 0.462 e. The van der Waals surface area contributed by atoms with Crippen molar-refractivity contribution < 1.29 is 24.5 Å². The molecule has 0 aromatic rings. The molecule has 65 heavy (non-hydrogen) atoms. The molecule has 6 heteroatoms. The number of aliphatic hydroxyl groups excluding tert-OH is 2. The van der Waals surface area contributed by atoms with E-state index in [1.54, 1.807) is 0 Å². The summed E-state index contributed by atoms with van der Waals surface area (Å²) >= 11 is 0. The molecule has 0 saturated carbocycles. The van der Waals surface area contributed by atoms with Crippen LogP contribution in [0.1, 0.15) is 252 Å². The van der Waals surface area contributed by atoms with Gasteiger partial charge in [-0.15, -0.1) is 0 Å². The van der Waals surface area contributed by atoms with Gasteiger partial charge in [0.15, 0.2) is 0 Å². The SMILES string of the molecule is CC/C=C/C=C/C=C/C=C\CCCCCCCC(=O)OC(CCCCCC/C=C/C/C=C/C/C=C/CC)CC(=O)NC(CO)C(O)CCCCCCCCCCCCCCCCCCC. The van der Waals surface area contributed by atoms with Gasteiger partial charge in [-0.3, -0.25) is 9.59 Å². The van der Waals surface area contributed by atoms with Gasteiger partial charge >= 0.3 is 5.97 Å². The Kier molecular flexibility index (Phi) is 49.6. The highest BCUT2D eigenvalue weighted by atomic mass is 16.5. The molecule has 0 aliphatic heterocycles. The van der Waals surface area contributed by atoms with Gasteiger partial charge in [-0.2, -0.15) is 0 Å². The van der Waals surface area contributed by atoms with Crippen LogP contribution >= 0.6 is 0 Å². The molecule has 0 aliphatic carbocycles. The molecule has 0 radical (unpaired) electrons. The lowest BCUT2D eigenvalue weighted by molar-refractivity contribution is -0.151. The van der Waals surface area contributed by atoms with E-state index in [2.05, 4.69) is 92.9 Å². The van der Waals surface area contributed by atoms with Gasteiger partial charge in [-0.25, -0.2) is 0 Å². The third kappa shape index (κ3) is 47.3. The van der Waals surface area contributed by atoms with Gasteiger partial charge in [0.05, 0.1) is 25.2 Å². The number of unbranched alkanes of at least 4 members (excludes halogenated alkanes) is 25. The number of nitrogens with one attached hydrogen (secondary N) is 1. The highest BCUT2D eigenvalue weighted by Gasteiger charge is 2.24. The molecule has 0 saturated heterocycles. The van der Waals surface area contributed by atoms with E-state index in [0.717, 1.165) is 116 Å². The average molecular weight is 906 g/mol. The van der Waals surface area contributed by atoms with Crippen molar-refractivity contribution in [3.8, 4) is 0 Å². The van der Waals surface area contributed by atoms with Crippen LogP contribution in [-0.4, -0.2) is 46.9 Å². The topological polar surface area (TPSA) is 95.9 Å². The van der Waals surface area contributed by atoms with Gasteiger partial charge in [-0.05, 0) is 77.0 Å². The summed E-state index contributed by atoms with van der Waals surface area (Å²) in [5.41, 5.74) is 0. The fourth-order valence-electron chi connectivity index (χ4n) is 7.99. The minimum atomic E-state index is -0.803. The van der Waals surface area contributed by atoms with Gasteiger partial charge in [0.2, 0.25) is 5.91 Å². The number of carbonyl (C=O) groups excluding carboxylic acids is 2. The van der Waals surface area contributed by atoms with E-state index in [4.69, 9.17) is 4.74 Å². The van der Waals surface area contributed by atoms with Gasteiger partial charge in [-0.1, -0.05) is 247 Å². The first-order valence-electron chi connectivity index (χ1n) is 27.4. The van der Waals surface area contributed by atoms with Crippen LogP contribution in [0.5, 0.6) is 0 Å². The fraction of sp³-hybridized carbons (Fsp3) is 0.729. The Bertz CT molecular complexity index is 1250. The summed E-state index contributed by atoms with van der Waals surface area (Å²) in [5, 5.41) is 23.9. The summed E-state index contributed by atoms with van der Waals surface area (Å²) in [7, 11) is 0. The maximum atomic E-state index is 13.2. The lowest BCUT2D eigenvalue weighted by Crippen LogP contribution is -2.46. The van der Waals surface area contributed by atoms with Crippen molar-refractivity contribution in [3.05, 3.63) is 85.1 Å². The molecule has 0 spiro atoms. The van der Waals surface area contributed by atoms with Crippen molar-refractivity contribution in [2.75, 3.05) is 6.61 Å². The van der Waals surface area contributed by atoms with Gasteiger partial charge in [0.25, 0.3) is 0 Å². The molecule has 3 unspecified atom stereocenters. The van der Waals surface area contributed by atoms with E-state index in [1.165, 1.54) is 89.9 Å². The second-order valence-corrected chi connectivity index (χ2v) is 18.3. The summed E-state index contributed by atoms with van der Waals surface area (Å²) in [4.78, 5) is 26.2. The standard InChI is InChI=1S/C59H103NO5/c1-4-7-10-13-16-19-22-25-28-29-31-33-36-39-42-45-48-51-57(62)56(54-61)60-58(63)53-55(50-47-44-41-38-35-32-27-24-21-18-15-12-9-6-3)65-59(64)52-49-46-43-40-37-34-30-26-23-20-17-14-11-8-5-2/h8-9,11-12,14,17-18,20-21,23,26-27,30,32,55-57,61-62H,4-7,10,13,15-16,19,22,24-25,28-29,31,33-54H2,1-3H3,(H,60,63)/b11-8+,12-9+,17-14+,21-18+,23-20+,30-26-,32-27+. The highest BCUT2D eigenvalue weighted by molar-refractivity contribution is 5.77. The Labute approximate surface area is 402 Å². The molecule has 0 aromatic heterocycles. The van der Waals surface area contributed by atoms with Crippen LogP contribution in [-0.2, 0) is 14.3 Å². The Morgan fingerprint density at radius 1 is 0.477 bits per heavy atom. The summed E-state index contributed by atoms with van der Waals surface area (Å²) in [6.45, 7) is 6.24. The first-order valence-corrected chi connectivity index (χ1v) is 27.4. The smallest absolute Gasteiger partial charge is 0.306 e. The second-order valence-electron chi connectivity index (χ2n) is 18.3. The third-order valence-electron chi connectivity index (χ3n) is 12.1. The van der Waals surface area contributed by atoms with Crippen LogP contribution in [0.2, 0.25) is 0 Å². The van der Waals surface area contributed by atoms with Gasteiger partial charge in [0, 0.05) is 6.42 Å². The summed E-state index contributed by atoms with van der Waals surface area (Å²) in [6.07, 6.45) is 67.9. The minimum Gasteiger partial charge on any atom is -0.462 e. The van der Waals surface area contributed by atoms with E-state index in [-0.39, 0.29) is 24.9 Å². The average Bonchev–Trinajstić information content (AvgIpc) is 3.30. The summed E-state index contributed by atoms with van der Waals surface area (Å²) in [5.74, 6) is -0.524. The van der Waals surface area contributed by atoms with E-state index in [9.17, 15) is 19.8 Å². The first kappa shape index (κ1) is 62.0. The number of rotatable bonds is 48. The van der Waals surface area contributed by atoms with Crippen molar-refractivity contribution in [1.82, 2.24) is 5.32 Å². The molecular weight excluding hydrogens is 803 g/mol. The molecule has 0 rings (SSSR count). The number of allylic oxidation sites excluding steroid dienone is 14. The van der Waals surface area contributed by atoms with Crippen molar-refractivity contribution in [1.29, 1.82) is 0 Å². The quantitative estimate of drug-likeness (QED) is 0.0245. The lowest BCUT2D eigenvalue weighted by atomic mass is 10.0. The maximum Gasteiger partial charge on any atom is 0.306 e. The van der Waals surface area contributed by atoms with Gasteiger partial charge < -0.3 is 20.3 Å². The van der Waals surface area contributed by atoms with Crippen molar-refractivity contribution in [2.45, 2.75) is 270 Å². The molecule has 0 fully saturated rings. The number of hydrogen-bond donors (Lipinski definition) is 3. The molecule has 374 valence electrons. The molecule has 0 aromatic carbocycles. The Morgan fingerprint density at radius 3 is 1.45 bits per heavy atom. The van der Waals surface area contributed by atoms with E-state index in [0.29, 0.717) is 19.3 Å². The molecule has 0 bridgehead atoms. The predicted octanol–water partition coefficient (Wildman–Crippen LogP) is 16.7. The molecule has 3 N–H and O–H groups in total. The van der Waals surface area contributed by atoms with Crippen molar-refractivity contribution in [2.24, 2.45) is 0 Å². The number of amides is 1. The zero-order chi connectivity index (χ0) is 47.4. The predicted molar refractivity (Wildman–Crippen MR) is 282 cm³/mol. The normalized spacial score (nSPS) is 13.9. The van der Waals surface area contributed by atoms with Crippen LogP contribution in [0.3, 0.4) is 0 Å². The van der Waals surface area contributed by atoms with E-state index in [1.807, 2.05) is 18.2 Å². The lowest BCUT2D eigenvalue weighted by Gasteiger charge is -2.24. The molecule has 0 heterocycles. The van der Waals surface area contributed by atoms with Crippen LogP contribution in [0.15, 0.2) is 85.1 Å². The second kappa shape index (κ2) is 52.0. The monoisotopic (exact) mass is 906 g/mol. The number of ether oxygens (including phenoxy) is 1. The van der Waals surface area contributed by atoms with Gasteiger partial charge in [0.1, 0.15) is 6.10 Å². The van der Waals surface area contributed by atoms with E-state index >= 15 is 0 Å². The maximum absolute atomic E-state index is 13.2. The zero-order valence-corrected chi connectivity index (χ0v) is 42.6. The number of hydrogen-bond acceptors (Lipinski definition) is 5. The number of esters is 1. The highest BCUT2D eigenvalue weighted by Crippen LogP contribution is 2.18. The molecule has 0 aliphatic rings. The van der Waals surface area contributed by atoms with Crippen molar-refractivity contribution >= 4 is 11.9 Å². The van der Waals surface area contributed by atoms with Crippen molar-refractivity contribution in [3.63, 3.8) is 0 Å². The van der Waals surface area contributed by atoms with Crippen LogP contribution in [0.25, 0.3) is 0 Å². The molecule has 1 amide bonds.